The van der Waals surface area contributed by atoms with Gasteiger partial charge in [0.05, 0.1) is 38.7 Å². The Labute approximate surface area is 142 Å². The van der Waals surface area contributed by atoms with E-state index >= 15 is 0 Å². The maximum atomic E-state index is 5.39. The van der Waals surface area contributed by atoms with Crippen LogP contribution in [-0.2, 0) is 0 Å². The number of ether oxygens (including phenoxy) is 3. The van der Waals surface area contributed by atoms with Crippen molar-refractivity contribution in [2.24, 2.45) is 0 Å². The average Bonchev–Trinajstić information content (AvgIpc) is 2.60. The second kappa shape index (κ2) is 6.42. The molecule has 1 aromatic heterocycles. The monoisotopic (exact) mass is 374 g/mol. The van der Waals surface area contributed by atoms with Gasteiger partial charge in [-0.15, -0.1) is 0 Å². The van der Waals surface area contributed by atoms with Crippen LogP contribution < -0.4 is 14.2 Å². The van der Waals surface area contributed by atoms with Crippen molar-refractivity contribution >= 4 is 27.0 Å². The van der Waals surface area contributed by atoms with Crippen LogP contribution >= 0.6 is 15.9 Å². The highest BCUT2D eigenvalue weighted by Gasteiger charge is 2.15. The molecule has 0 aliphatic carbocycles. The Morgan fingerprint density at radius 3 is 2.26 bits per heavy atom. The van der Waals surface area contributed by atoms with Crippen molar-refractivity contribution < 1.29 is 14.2 Å². The summed E-state index contributed by atoms with van der Waals surface area (Å²) in [6.07, 6.45) is 1.73. The minimum atomic E-state index is 0.550. The lowest BCUT2D eigenvalue weighted by atomic mass is 10.1. The van der Waals surface area contributed by atoms with Crippen LogP contribution in [0.15, 0.2) is 41.0 Å². The van der Waals surface area contributed by atoms with E-state index in [0.29, 0.717) is 17.2 Å². The number of nitrogens with zero attached hydrogens (tertiary/aromatic N) is 2. The molecule has 5 nitrogen and oxygen atoms in total. The van der Waals surface area contributed by atoms with Gasteiger partial charge in [-0.05, 0) is 40.2 Å². The minimum Gasteiger partial charge on any atom is -0.493 e. The SMILES string of the molecule is COc1cc(-c2cnc3cccc(Br)c3n2)cc(OC)c1OC. The quantitative estimate of drug-likeness (QED) is 0.688. The molecule has 0 amide bonds. The maximum absolute atomic E-state index is 5.39. The van der Waals surface area contributed by atoms with Gasteiger partial charge in [0.1, 0.15) is 5.52 Å². The third-order valence-electron chi connectivity index (χ3n) is 3.48. The summed E-state index contributed by atoms with van der Waals surface area (Å²) >= 11 is 3.51. The fourth-order valence-electron chi connectivity index (χ4n) is 2.37. The zero-order valence-electron chi connectivity index (χ0n) is 13.0. The van der Waals surface area contributed by atoms with E-state index < -0.39 is 0 Å². The third-order valence-corrected chi connectivity index (χ3v) is 4.12. The van der Waals surface area contributed by atoms with Crippen molar-refractivity contribution in [1.82, 2.24) is 9.97 Å². The summed E-state index contributed by atoms with van der Waals surface area (Å²) < 4.78 is 17.0. The van der Waals surface area contributed by atoms with E-state index in [0.717, 1.165) is 26.8 Å². The topological polar surface area (TPSA) is 53.5 Å². The van der Waals surface area contributed by atoms with E-state index in [1.54, 1.807) is 27.5 Å². The van der Waals surface area contributed by atoms with Gasteiger partial charge in [0.2, 0.25) is 5.75 Å². The first-order valence-corrected chi connectivity index (χ1v) is 7.69. The smallest absolute Gasteiger partial charge is 0.203 e. The molecule has 118 valence electrons. The van der Waals surface area contributed by atoms with Crippen molar-refractivity contribution in [3.8, 4) is 28.5 Å². The molecule has 1 heterocycles. The molecule has 23 heavy (non-hydrogen) atoms. The molecule has 0 bridgehead atoms. The van der Waals surface area contributed by atoms with E-state index in [2.05, 4.69) is 20.9 Å². The molecule has 0 fully saturated rings. The van der Waals surface area contributed by atoms with Crippen molar-refractivity contribution in [3.63, 3.8) is 0 Å². The summed E-state index contributed by atoms with van der Waals surface area (Å²) in [6, 6.07) is 9.50. The number of rotatable bonds is 4. The molecule has 0 spiro atoms. The van der Waals surface area contributed by atoms with Crippen LogP contribution in [0.4, 0.5) is 0 Å². The Morgan fingerprint density at radius 1 is 0.957 bits per heavy atom. The van der Waals surface area contributed by atoms with Crippen molar-refractivity contribution in [3.05, 3.63) is 41.0 Å². The lowest BCUT2D eigenvalue weighted by molar-refractivity contribution is 0.324. The summed E-state index contributed by atoms with van der Waals surface area (Å²) in [5, 5.41) is 0. The summed E-state index contributed by atoms with van der Waals surface area (Å²) in [5.74, 6) is 1.71. The van der Waals surface area contributed by atoms with Gasteiger partial charge in [0, 0.05) is 10.0 Å². The van der Waals surface area contributed by atoms with Gasteiger partial charge in [-0.1, -0.05) is 6.07 Å². The first kappa shape index (κ1) is 15.6. The zero-order chi connectivity index (χ0) is 16.4. The highest BCUT2D eigenvalue weighted by atomic mass is 79.9. The third kappa shape index (κ3) is 2.82. The second-order valence-corrected chi connectivity index (χ2v) is 5.63. The van der Waals surface area contributed by atoms with Crippen molar-refractivity contribution in [2.45, 2.75) is 0 Å². The number of fused-ring (bicyclic) bond motifs is 1. The first-order valence-electron chi connectivity index (χ1n) is 6.89. The van der Waals surface area contributed by atoms with Crippen LogP contribution in [0.3, 0.4) is 0 Å². The van der Waals surface area contributed by atoms with Crippen molar-refractivity contribution in [2.75, 3.05) is 21.3 Å². The first-order chi connectivity index (χ1) is 11.2. The fraction of sp³-hybridized carbons (Fsp3) is 0.176. The normalized spacial score (nSPS) is 10.6. The Hall–Kier alpha value is -2.34. The van der Waals surface area contributed by atoms with Gasteiger partial charge in [-0.25, -0.2) is 4.98 Å². The number of methoxy groups -OCH3 is 3. The van der Waals surface area contributed by atoms with Gasteiger partial charge in [-0.2, -0.15) is 0 Å². The molecule has 3 rings (SSSR count). The van der Waals surface area contributed by atoms with E-state index in [1.807, 2.05) is 30.3 Å². The number of hydrogen-bond acceptors (Lipinski definition) is 5. The van der Waals surface area contributed by atoms with Crippen LogP contribution in [0.1, 0.15) is 0 Å². The predicted molar refractivity (Wildman–Crippen MR) is 92.3 cm³/mol. The number of hydrogen-bond donors (Lipinski definition) is 0. The molecule has 0 unspecified atom stereocenters. The van der Waals surface area contributed by atoms with Gasteiger partial charge in [0.15, 0.2) is 11.5 Å². The van der Waals surface area contributed by atoms with Crippen LogP contribution in [-0.4, -0.2) is 31.3 Å². The molecule has 0 radical (unpaired) electrons. The zero-order valence-corrected chi connectivity index (χ0v) is 14.5. The molecule has 0 saturated carbocycles. The van der Waals surface area contributed by atoms with E-state index in [1.165, 1.54) is 0 Å². The second-order valence-electron chi connectivity index (χ2n) is 4.78. The molecular weight excluding hydrogens is 360 g/mol. The maximum Gasteiger partial charge on any atom is 0.203 e. The lowest BCUT2D eigenvalue weighted by Crippen LogP contribution is -1.97. The largest absolute Gasteiger partial charge is 0.493 e. The highest BCUT2D eigenvalue weighted by Crippen LogP contribution is 2.41. The number of aromatic nitrogens is 2. The molecule has 6 heteroatoms. The van der Waals surface area contributed by atoms with Crippen molar-refractivity contribution in [1.29, 1.82) is 0 Å². The predicted octanol–water partition coefficient (Wildman–Crippen LogP) is 4.09. The van der Waals surface area contributed by atoms with Gasteiger partial charge < -0.3 is 14.2 Å². The van der Waals surface area contributed by atoms with Crippen LogP contribution in [0.5, 0.6) is 17.2 Å². The Morgan fingerprint density at radius 2 is 1.65 bits per heavy atom. The lowest BCUT2D eigenvalue weighted by Gasteiger charge is -2.14. The highest BCUT2D eigenvalue weighted by molar-refractivity contribution is 9.10. The van der Waals surface area contributed by atoms with Crippen LogP contribution in [0, 0.1) is 0 Å². The standard InChI is InChI=1S/C17H15BrN2O3/c1-21-14-7-10(8-15(22-2)17(14)23-3)13-9-19-12-6-4-5-11(18)16(12)20-13/h4-9H,1-3H3. The van der Waals surface area contributed by atoms with E-state index in [9.17, 15) is 0 Å². The number of halogens is 1. The van der Waals surface area contributed by atoms with E-state index in [-0.39, 0.29) is 0 Å². The van der Waals surface area contributed by atoms with Gasteiger partial charge >= 0.3 is 0 Å². The van der Waals surface area contributed by atoms with E-state index in [4.69, 9.17) is 19.2 Å². The fourth-order valence-corrected chi connectivity index (χ4v) is 2.81. The minimum absolute atomic E-state index is 0.550. The molecule has 0 aliphatic heterocycles. The molecular formula is C17H15BrN2O3. The van der Waals surface area contributed by atoms with Crippen LogP contribution in [0.25, 0.3) is 22.3 Å². The Balaban J connectivity index is 2.20. The number of benzene rings is 2. The molecule has 2 aromatic carbocycles. The number of para-hydroxylation sites is 1. The Bertz CT molecular complexity index is 843. The molecule has 0 saturated heterocycles. The molecule has 3 aromatic rings. The summed E-state index contributed by atoms with van der Waals surface area (Å²) in [6.45, 7) is 0. The van der Waals surface area contributed by atoms with Gasteiger partial charge in [0.25, 0.3) is 0 Å². The Kier molecular flexibility index (Phi) is 4.34. The average molecular weight is 375 g/mol. The summed E-state index contributed by atoms with van der Waals surface area (Å²) in [7, 11) is 4.75. The molecule has 0 atom stereocenters. The molecule has 0 aliphatic rings. The van der Waals surface area contributed by atoms with Gasteiger partial charge in [-0.3, -0.25) is 4.98 Å². The molecule has 0 N–H and O–H groups in total. The summed E-state index contributed by atoms with van der Waals surface area (Å²) in [4.78, 5) is 9.16. The summed E-state index contributed by atoms with van der Waals surface area (Å²) in [5.41, 5.74) is 3.20. The van der Waals surface area contributed by atoms with Crippen LogP contribution in [0.2, 0.25) is 0 Å².